The third-order valence-electron chi connectivity index (χ3n) is 3.66. The van der Waals surface area contributed by atoms with Crippen LogP contribution in [0.4, 0.5) is 0 Å². The summed E-state index contributed by atoms with van der Waals surface area (Å²) >= 11 is 8.30. The second-order valence-electron chi connectivity index (χ2n) is 4.87. The molecule has 0 spiro atoms. The normalized spacial score (nSPS) is 25.9. The first-order valence-electron chi connectivity index (χ1n) is 6.43. The quantitative estimate of drug-likeness (QED) is 0.526. The van der Waals surface area contributed by atoms with Crippen molar-refractivity contribution in [2.75, 3.05) is 4.43 Å². The molecule has 1 nitrogen and oxygen atoms in total. The Hall–Kier alpha value is 0.390. The van der Waals surface area contributed by atoms with Crippen molar-refractivity contribution in [3.63, 3.8) is 0 Å². The van der Waals surface area contributed by atoms with Gasteiger partial charge >= 0.3 is 0 Å². The number of hydrogen-bond donors (Lipinski definition) is 0. The maximum Gasteiger partial charge on any atom is 0.0560 e. The molecule has 0 N–H and O–H groups in total. The van der Waals surface area contributed by atoms with Crippen molar-refractivity contribution in [2.45, 2.75) is 42.2 Å². The molecule has 0 heterocycles. The Morgan fingerprint density at radius 2 is 1.78 bits per heavy atom. The van der Waals surface area contributed by atoms with Crippen molar-refractivity contribution in [2.24, 2.45) is 5.92 Å². The summed E-state index contributed by atoms with van der Waals surface area (Å²) in [6, 6.07) is 7.46. The van der Waals surface area contributed by atoms with Gasteiger partial charge in [-0.3, -0.25) is 4.21 Å². The summed E-state index contributed by atoms with van der Waals surface area (Å²) in [4.78, 5) is 0.928. The van der Waals surface area contributed by atoms with Gasteiger partial charge in [0.1, 0.15) is 0 Å². The molecule has 1 fully saturated rings. The van der Waals surface area contributed by atoms with Crippen LogP contribution in [0.15, 0.2) is 29.2 Å². The Labute approximate surface area is 130 Å². The van der Waals surface area contributed by atoms with Gasteiger partial charge in [0.2, 0.25) is 0 Å². The zero-order valence-corrected chi connectivity index (χ0v) is 14.0. The van der Waals surface area contributed by atoms with Crippen LogP contribution in [-0.4, -0.2) is 13.9 Å². The molecule has 2 rings (SSSR count). The molecule has 100 valence electrons. The summed E-state index contributed by atoms with van der Waals surface area (Å²) in [5.74, 6) is 0.861. The number of hydrogen-bond acceptors (Lipinski definition) is 1. The summed E-state index contributed by atoms with van der Waals surface area (Å²) in [5.41, 5.74) is 0. The molecule has 0 bridgehead atoms. The molecule has 1 aliphatic carbocycles. The lowest BCUT2D eigenvalue weighted by atomic mass is 9.87. The predicted octanol–water partition coefficient (Wildman–Crippen LogP) is 4.83. The Kier molecular flexibility index (Phi) is 5.96. The molecule has 0 saturated heterocycles. The van der Waals surface area contributed by atoms with E-state index in [0.29, 0.717) is 10.3 Å². The molecule has 0 aliphatic heterocycles. The molecule has 1 atom stereocenters. The summed E-state index contributed by atoms with van der Waals surface area (Å²) in [7, 11) is -0.858. The van der Waals surface area contributed by atoms with E-state index in [-0.39, 0.29) is 0 Å². The van der Waals surface area contributed by atoms with Gasteiger partial charge in [0.05, 0.1) is 10.8 Å². The fraction of sp³-hybridized carbons (Fsp3) is 0.571. The van der Waals surface area contributed by atoms with Crippen LogP contribution in [-0.2, 0) is 10.8 Å². The first kappa shape index (κ1) is 14.8. The molecule has 1 aliphatic rings. The first-order valence-corrected chi connectivity index (χ1v) is 9.54. The largest absolute Gasteiger partial charge is 0.254 e. The van der Waals surface area contributed by atoms with Crippen molar-refractivity contribution >= 4 is 45.0 Å². The van der Waals surface area contributed by atoms with Gasteiger partial charge in [0.15, 0.2) is 0 Å². The van der Waals surface area contributed by atoms with Crippen molar-refractivity contribution in [1.82, 2.24) is 0 Å². The van der Waals surface area contributed by atoms with E-state index in [1.807, 2.05) is 24.3 Å². The topological polar surface area (TPSA) is 17.1 Å². The van der Waals surface area contributed by atoms with Crippen molar-refractivity contribution in [3.05, 3.63) is 29.3 Å². The highest BCUT2D eigenvalue weighted by Gasteiger charge is 2.25. The number of rotatable bonds is 4. The Morgan fingerprint density at radius 1 is 1.17 bits per heavy atom. The Balaban J connectivity index is 1.93. The van der Waals surface area contributed by atoms with Gasteiger partial charge in [-0.25, -0.2) is 0 Å². The van der Waals surface area contributed by atoms with E-state index in [2.05, 4.69) is 22.6 Å². The van der Waals surface area contributed by atoms with Gasteiger partial charge in [-0.15, -0.1) is 0 Å². The predicted molar refractivity (Wildman–Crippen MR) is 87.1 cm³/mol. The average molecular weight is 397 g/mol. The van der Waals surface area contributed by atoms with Crippen LogP contribution in [0.5, 0.6) is 0 Å². The molecule has 1 unspecified atom stereocenters. The van der Waals surface area contributed by atoms with Crippen LogP contribution in [0, 0.1) is 5.92 Å². The summed E-state index contributed by atoms with van der Waals surface area (Å²) in [5, 5.41) is 1.05. The van der Waals surface area contributed by atoms with Crippen LogP contribution < -0.4 is 0 Å². The van der Waals surface area contributed by atoms with E-state index >= 15 is 0 Å². The van der Waals surface area contributed by atoms with Crippen molar-refractivity contribution in [3.8, 4) is 0 Å². The molecule has 4 heteroatoms. The van der Waals surface area contributed by atoms with E-state index < -0.39 is 10.8 Å². The van der Waals surface area contributed by atoms with Gasteiger partial charge in [-0.05, 0) is 66.7 Å². The Bertz CT molecular complexity index is 399. The fourth-order valence-electron chi connectivity index (χ4n) is 2.55. The highest BCUT2D eigenvalue weighted by molar-refractivity contribution is 14.1. The van der Waals surface area contributed by atoms with E-state index in [9.17, 15) is 4.21 Å². The number of halogens is 2. The van der Waals surface area contributed by atoms with Crippen molar-refractivity contribution in [1.29, 1.82) is 0 Å². The third-order valence-corrected chi connectivity index (χ3v) is 6.35. The standard InChI is InChI=1S/C14H18ClIOS/c15-12-3-7-14(8-4-12)18(17)13-5-1-11(2-6-13)9-10-16/h3-4,7-8,11,13H,1-2,5-6,9-10H2. The van der Waals surface area contributed by atoms with Crippen LogP contribution in [0.3, 0.4) is 0 Å². The monoisotopic (exact) mass is 396 g/mol. The molecule has 0 radical (unpaired) electrons. The van der Waals surface area contributed by atoms with E-state index in [0.717, 1.165) is 23.7 Å². The first-order chi connectivity index (χ1) is 8.70. The molecule has 18 heavy (non-hydrogen) atoms. The lowest BCUT2D eigenvalue weighted by Gasteiger charge is -2.27. The highest BCUT2D eigenvalue weighted by atomic mass is 127. The molecular formula is C14H18ClIOS. The van der Waals surface area contributed by atoms with Crippen LogP contribution in [0.1, 0.15) is 32.1 Å². The second kappa shape index (κ2) is 7.25. The maximum absolute atomic E-state index is 12.4. The molecule has 1 saturated carbocycles. The van der Waals surface area contributed by atoms with E-state index in [1.165, 1.54) is 23.7 Å². The molecule has 1 aromatic rings. The zero-order valence-electron chi connectivity index (χ0n) is 10.3. The maximum atomic E-state index is 12.4. The summed E-state index contributed by atoms with van der Waals surface area (Å²) < 4.78 is 13.7. The smallest absolute Gasteiger partial charge is 0.0560 e. The molecule has 0 amide bonds. The minimum atomic E-state index is -0.858. The number of benzene rings is 1. The lowest BCUT2D eigenvalue weighted by molar-refractivity contribution is 0.356. The Morgan fingerprint density at radius 3 is 2.33 bits per heavy atom. The van der Waals surface area contributed by atoms with Gasteiger partial charge in [0.25, 0.3) is 0 Å². The summed E-state index contributed by atoms with van der Waals surface area (Å²) in [6.07, 6.45) is 6.02. The number of alkyl halides is 1. The third kappa shape index (κ3) is 3.94. The van der Waals surface area contributed by atoms with E-state index in [1.54, 1.807) is 0 Å². The minimum Gasteiger partial charge on any atom is -0.254 e. The van der Waals surface area contributed by atoms with Gasteiger partial charge < -0.3 is 0 Å². The van der Waals surface area contributed by atoms with Gasteiger partial charge in [-0.2, -0.15) is 0 Å². The molecular weight excluding hydrogens is 379 g/mol. The fourth-order valence-corrected chi connectivity index (χ4v) is 5.05. The van der Waals surface area contributed by atoms with Gasteiger partial charge in [0, 0.05) is 15.2 Å². The van der Waals surface area contributed by atoms with Crippen LogP contribution >= 0.6 is 34.2 Å². The SMILES string of the molecule is O=S(c1ccc(Cl)cc1)C1CCC(CCI)CC1. The highest BCUT2D eigenvalue weighted by Crippen LogP contribution is 2.32. The van der Waals surface area contributed by atoms with Crippen molar-refractivity contribution < 1.29 is 4.21 Å². The average Bonchev–Trinajstić information content (AvgIpc) is 2.40. The summed E-state index contributed by atoms with van der Waals surface area (Å²) in [6.45, 7) is 0. The molecule has 1 aromatic carbocycles. The van der Waals surface area contributed by atoms with E-state index in [4.69, 9.17) is 11.6 Å². The molecule has 0 aromatic heterocycles. The zero-order chi connectivity index (χ0) is 13.0. The van der Waals surface area contributed by atoms with Gasteiger partial charge in [-0.1, -0.05) is 34.2 Å². The van der Waals surface area contributed by atoms with Crippen LogP contribution in [0.25, 0.3) is 0 Å². The van der Waals surface area contributed by atoms with Crippen LogP contribution in [0.2, 0.25) is 5.02 Å². The second-order valence-corrected chi connectivity index (χ2v) is 8.12. The minimum absolute atomic E-state index is 0.344. The lowest BCUT2D eigenvalue weighted by Crippen LogP contribution is -2.23.